The number of halogens is 2. The van der Waals surface area contributed by atoms with Gasteiger partial charge in [-0.3, -0.25) is 4.90 Å². The summed E-state index contributed by atoms with van der Waals surface area (Å²) in [6, 6.07) is 19.9. The van der Waals surface area contributed by atoms with Crippen LogP contribution >= 0.6 is 24.8 Å². The number of para-hydroxylation sites is 1. The molecule has 0 spiro atoms. The van der Waals surface area contributed by atoms with Crippen molar-refractivity contribution >= 4 is 30.5 Å². The quantitative estimate of drug-likeness (QED) is 0.763. The van der Waals surface area contributed by atoms with Crippen molar-refractivity contribution in [2.45, 2.75) is 19.1 Å². The fourth-order valence-electron chi connectivity index (χ4n) is 3.83. The third-order valence-corrected chi connectivity index (χ3v) is 5.17. The molecule has 2 aliphatic heterocycles. The van der Waals surface area contributed by atoms with Crippen LogP contribution in [0.25, 0.3) is 0 Å². The largest absolute Gasteiger partial charge is 0.372 e. The lowest BCUT2D eigenvalue weighted by Gasteiger charge is -2.43. The summed E-state index contributed by atoms with van der Waals surface area (Å²) in [6.07, 6.45) is 0.216. The first-order valence-corrected chi connectivity index (χ1v) is 8.57. The third-order valence-electron chi connectivity index (χ3n) is 5.17. The highest BCUT2D eigenvalue weighted by atomic mass is 35.5. The van der Waals surface area contributed by atoms with E-state index in [1.807, 2.05) is 0 Å². The summed E-state index contributed by atoms with van der Waals surface area (Å²) < 4.78 is 6.03. The van der Waals surface area contributed by atoms with Crippen LogP contribution in [-0.4, -0.2) is 37.7 Å². The highest BCUT2D eigenvalue weighted by Crippen LogP contribution is 2.36. The van der Waals surface area contributed by atoms with Gasteiger partial charge < -0.3 is 9.64 Å². The first-order chi connectivity index (χ1) is 11.3. The highest BCUT2D eigenvalue weighted by molar-refractivity contribution is 5.85. The Morgan fingerprint density at radius 3 is 2.08 bits per heavy atom. The van der Waals surface area contributed by atoms with Crippen molar-refractivity contribution in [1.29, 1.82) is 0 Å². The molecule has 2 aliphatic rings. The van der Waals surface area contributed by atoms with Gasteiger partial charge in [0.25, 0.3) is 0 Å². The van der Waals surface area contributed by atoms with E-state index in [9.17, 15) is 0 Å². The van der Waals surface area contributed by atoms with Crippen molar-refractivity contribution in [3.05, 3.63) is 65.7 Å². The molecule has 0 N–H and O–H groups in total. The maximum Gasteiger partial charge on any atom is 0.0801 e. The molecule has 2 atom stereocenters. The summed E-state index contributed by atoms with van der Waals surface area (Å²) >= 11 is 0. The molecule has 3 nitrogen and oxygen atoms in total. The van der Waals surface area contributed by atoms with E-state index in [-0.39, 0.29) is 30.9 Å². The molecule has 2 heterocycles. The Morgan fingerprint density at radius 2 is 1.40 bits per heavy atom. The van der Waals surface area contributed by atoms with Gasteiger partial charge in [-0.15, -0.1) is 24.8 Å². The maximum atomic E-state index is 6.03. The molecule has 1 saturated heterocycles. The summed E-state index contributed by atoms with van der Waals surface area (Å²) in [5.41, 5.74) is 4.15. The van der Waals surface area contributed by atoms with E-state index in [0.717, 1.165) is 32.8 Å². The fourth-order valence-corrected chi connectivity index (χ4v) is 3.83. The van der Waals surface area contributed by atoms with Crippen LogP contribution in [0.3, 0.4) is 0 Å². The number of fused-ring (bicyclic) bond motifs is 1. The van der Waals surface area contributed by atoms with E-state index in [0.29, 0.717) is 6.04 Å². The van der Waals surface area contributed by atoms with Crippen LogP contribution in [0.15, 0.2) is 54.6 Å². The van der Waals surface area contributed by atoms with Crippen molar-refractivity contribution in [2.75, 3.05) is 37.7 Å². The van der Waals surface area contributed by atoms with E-state index in [2.05, 4.69) is 71.3 Å². The molecule has 2 unspecified atom stereocenters. The third kappa shape index (κ3) is 4.12. The number of benzene rings is 2. The molecule has 5 heteroatoms. The first-order valence-electron chi connectivity index (χ1n) is 8.57. The van der Waals surface area contributed by atoms with Gasteiger partial charge in [-0.1, -0.05) is 42.5 Å². The fraction of sp³-hybridized carbons (Fsp3) is 0.400. The second kappa shape index (κ2) is 8.91. The SMILES string of the molecule is CC1OCC(N2CCN(c3ccccc3)CC2)c2ccccc21.Cl.Cl. The van der Waals surface area contributed by atoms with Crippen LogP contribution in [-0.2, 0) is 4.74 Å². The van der Waals surface area contributed by atoms with E-state index in [1.54, 1.807) is 0 Å². The average Bonchev–Trinajstić information content (AvgIpc) is 2.63. The van der Waals surface area contributed by atoms with E-state index in [4.69, 9.17) is 4.74 Å². The summed E-state index contributed by atoms with van der Waals surface area (Å²) in [5.74, 6) is 0. The summed E-state index contributed by atoms with van der Waals surface area (Å²) in [5, 5.41) is 0. The molecule has 0 saturated carbocycles. The molecular formula is C20H26Cl2N2O. The van der Waals surface area contributed by atoms with Crippen LogP contribution in [0, 0.1) is 0 Å². The standard InChI is InChI=1S/C20H24N2O.2ClH/c1-16-18-9-5-6-10-19(18)20(15-23-16)22-13-11-21(12-14-22)17-7-3-2-4-8-17;;/h2-10,16,20H,11-15H2,1H3;2*1H. The average molecular weight is 381 g/mol. The minimum atomic E-state index is 0. The number of hydrogen-bond donors (Lipinski definition) is 0. The molecule has 25 heavy (non-hydrogen) atoms. The Balaban J connectivity index is 0.00000113. The second-order valence-electron chi connectivity index (χ2n) is 6.48. The van der Waals surface area contributed by atoms with Gasteiger partial charge in [0.05, 0.1) is 18.8 Å². The van der Waals surface area contributed by atoms with Gasteiger partial charge >= 0.3 is 0 Å². The Morgan fingerprint density at radius 1 is 0.800 bits per heavy atom. The molecule has 4 rings (SSSR count). The number of nitrogens with zero attached hydrogens (tertiary/aromatic N) is 2. The highest BCUT2D eigenvalue weighted by Gasteiger charge is 2.31. The second-order valence-corrected chi connectivity index (χ2v) is 6.48. The van der Waals surface area contributed by atoms with Crippen LogP contribution in [0.4, 0.5) is 5.69 Å². The monoisotopic (exact) mass is 380 g/mol. The van der Waals surface area contributed by atoms with Crippen molar-refractivity contribution < 1.29 is 4.74 Å². The normalized spacial score (nSPS) is 23.2. The van der Waals surface area contributed by atoms with Gasteiger partial charge in [0.2, 0.25) is 0 Å². The van der Waals surface area contributed by atoms with Crippen molar-refractivity contribution in [1.82, 2.24) is 4.90 Å². The lowest BCUT2D eigenvalue weighted by atomic mass is 9.93. The molecule has 136 valence electrons. The van der Waals surface area contributed by atoms with E-state index < -0.39 is 0 Å². The predicted octanol–water partition coefficient (Wildman–Crippen LogP) is 4.48. The maximum absolute atomic E-state index is 6.03. The molecule has 2 aromatic rings. The van der Waals surface area contributed by atoms with E-state index >= 15 is 0 Å². The van der Waals surface area contributed by atoms with Gasteiger partial charge in [0.15, 0.2) is 0 Å². The molecule has 2 aromatic carbocycles. The van der Waals surface area contributed by atoms with Gasteiger partial charge in [-0.2, -0.15) is 0 Å². The van der Waals surface area contributed by atoms with Gasteiger partial charge in [-0.05, 0) is 30.2 Å². The molecule has 0 radical (unpaired) electrons. The number of rotatable bonds is 2. The Bertz CT molecular complexity index is 660. The molecule has 1 fully saturated rings. The topological polar surface area (TPSA) is 15.7 Å². The summed E-state index contributed by atoms with van der Waals surface area (Å²) in [7, 11) is 0. The minimum absolute atomic E-state index is 0. The zero-order valence-electron chi connectivity index (χ0n) is 14.5. The Kier molecular flexibility index (Phi) is 7.14. The number of hydrogen-bond acceptors (Lipinski definition) is 3. The summed E-state index contributed by atoms with van der Waals surface area (Å²) in [6.45, 7) is 7.31. The summed E-state index contributed by atoms with van der Waals surface area (Å²) in [4.78, 5) is 5.07. The zero-order valence-corrected chi connectivity index (χ0v) is 16.1. The molecular weight excluding hydrogens is 355 g/mol. The lowest BCUT2D eigenvalue weighted by Crippen LogP contribution is -2.49. The van der Waals surface area contributed by atoms with Crippen LogP contribution in [0.2, 0.25) is 0 Å². The van der Waals surface area contributed by atoms with Gasteiger partial charge in [-0.25, -0.2) is 0 Å². The van der Waals surface area contributed by atoms with Crippen molar-refractivity contribution in [3.8, 4) is 0 Å². The van der Waals surface area contributed by atoms with Crippen LogP contribution < -0.4 is 4.90 Å². The number of piperazine rings is 1. The molecule has 0 bridgehead atoms. The van der Waals surface area contributed by atoms with Crippen molar-refractivity contribution in [3.63, 3.8) is 0 Å². The van der Waals surface area contributed by atoms with Crippen molar-refractivity contribution in [2.24, 2.45) is 0 Å². The smallest absolute Gasteiger partial charge is 0.0801 e. The van der Waals surface area contributed by atoms with Crippen LogP contribution in [0.1, 0.15) is 30.2 Å². The van der Waals surface area contributed by atoms with Gasteiger partial charge in [0.1, 0.15) is 0 Å². The number of ether oxygens (including phenoxy) is 1. The molecule has 0 aromatic heterocycles. The molecule has 0 aliphatic carbocycles. The predicted molar refractivity (Wildman–Crippen MR) is 108 cm³/mol. The van der Waals surface area contributed by atoms with Gasteiger partial charge in [0, 0.05) is 31.9 Å². The minimum Gasteiger partial charge on any atom is -0.372 e. The van der Waals surface area contributed by atoms with E-state index in [1.165, 1.54) is 16.8 Å². The molecule has 0 amide bonds. The Hall–Kier alpha value is -1.26. The lowest BCUT2D eigenvalue weighted by molar-refractivity contribution is -0.00471. The van der Waals surface area contributed by atoms with Crippen LogP contribution in [0.5, 0.6) is 0 Å². The Labute approximate surface area is 162 Å². The number of anilines is 1. The first kappa shape index (κ1) is 20.1. The zero-order chi connectivity index (χ0) is 15.6.